The Kier molecular flexibility index (Phi) is 5.58. The summed E-state index contributed by atoms with van der Waals surface area (Å²) < 4.78 is 5.69. The third kappa shape index (κ3) is 4.30. The van der Waals surface area contributed by atoms with Gasteiger partial charge in [0, 0.05) is 44.5 Å². The lowest BCUT2D eigenvalue weighted by Crippen LogP contribution is -2.51. The smallest absolute Gasteiger partial charge is 0.189 e. The van der Waals surface area contributed by atoms with Crippen LogP contribution in [-0.2, 0) is 0 Å². The van der Waals surface area contributed by atoms with Crippen LogP contribution in [0.5, 0.6) is 5.75 Å². The average molecular weight is 407 g/mol. The number of fused-ring (bicyclic) bond motifs is 1. The van der Waals surface area contributed by atoms with E-state index in [9.17, 15) is 0 Å². The Morgan fingerprint density at radius 1 is 1.24 bits per heavy atom. The van der Waals surface area contributed by atoms with Crippen molar-refractivity contribution in [3.05, 3.63) is 53.3 Å². The van der Waals surface area contributed by atoms with Crippen molar-refractivity contribution in [1.82, 2.24) is 15.3 Å². The molecule has 29 heavy (non-hydrogen) atoms. The standard InChI is InChI=1S/C21H22N6OS/c1-15-12-19-20(23-14-15)18(6-11-28-19)24-25-21(29)27-9-7-26(8-10-27)17-4-2-16(13-22)3-5-17/h2-5,12,14H,6-11H2,1H3,(H,25,29)/b24-18-. The Balaban J connectivity index is 1.35. The van der Waals surface area contributed by atoms with Crippen molar-refractivity contribution in [2.24, 2.45) is 5.10 Å². The molecule has 2 aliphatic rings. The molecule has 0 unspecified atom stereocenters. The quantitative estimate of drug-likeness (QED) is 0.606. The number of thiocarbonyl (C=S) groups is 1. The van der Waals surface area contributed by atoms with Crippen LogP contribution < -0.4 is 15.1 Å². The van der Waals surface area contributed by atoms with Crippen LogP contribution in [0, 0.1) is 18.3 Å². The molecule has 0 amide bonds. The summed E-state index contributed by atoms with van der Waals surface area (Å²) in [6.07, 6.45) is 2.52. The third-order valence-electron chi connectivity index (χ3n) is 5.07. The van der Waals surface area contributed by atoms with Gasteiger partial charge >= 0.3 is 0 Å². The number of rotatable bonds is 2. The first-order valence-electron chi connectivity index (χ1n) is 9.60. The third-order valence-corrected chi connectivity index (χ3v) is 5.42. The number of nitriles is 1. The summed E-state index contributed by atoms with van der Waals surface area (Å²) in [7, 11) is 0. The molecule has 8 heteroatoms. The van der Waals surface area contributed by atoms with E-state index in [1.165, 1.54) is 0 Å². The molecule has 3 heterocycles. The Labute approximate surface area is 175 Å². The SMILES string of the molecule is Cc1cnc2c(c1)OCC/C2=N/NC(=S)N1CCN(c2ccc(C#N)cc2)CC1. The van der Waals surface area contributed by atoms with Gasteiger partial charge in [0.15, 0.2) is 5.11 Å². The van der Waals surface area contributed by atoms with Crippen molar-refractivity contribution in [3.8, 4) is 11.8 Å². The molecule has 0 bridgehead atoms. The average Bonchev–Trinajstić information content (AvgIpc) is 2.77. The maximum atomic E-state index is 8.93. The molecule has 1 aromatic carbocycles. The van der Waals surface area contributed by atoms with Crippen LogP contribution in [0.4, 0.5) is 5.69 Å². The lowest BCUT2D eigenvalue weighted by molar-refractivity contribution is 0.317. The highest BCUT2D eigenvalue weighted by Crippen LogP contribution is 2.24. The number of hydrogen-bond donors (Lipinski definition) is 1. The van der Waals surface area contributed by atoms with Crippen LogP contribution in [-0.4, -0.2) is 53.5 Å². The van der Waals surface area contributed by atoms with Gasteiger partial charge in [0.05, 0.1) is 24.0 Å². The molecule has 2 aromatic rings. The zero-order chi connectivity index (χ0) is 20.2. The zero-order valence-electron chi connectivity index (χ0n) is 16.3. The number of aryl methyl sites for hydroxylation is 1. The van der Waals surface area contributed by atoms with Crippen molar-refractivity contribution in [3.63, 3.8) is 0 Å². The molecule has 1 N–H and O–H groups in total. The van der Waals surface area contributed by atoms with Crippen LogP contribution >= 0.6 is 12.2 Å². The summed E-state index contributed by atoms with van der Waals surface area (Å²) in [6, 6.07) is 11.8. The molecule has 148 valence electrons. The van der Waals surface area contributed by atoms with Crippen molar-refractivity contribution >= 4 is 28.7 Å². The number of aromatic nitrogens is 1. The van der Waals surface area contributed by atoms with Crippen molar-refractivity contribution < 1.29 is 4.74 Å². The fraction of sp³-hybridized carbons (Fsp3) is 0.333. The molecule has 4 rings (SSSR count). The maximum absolute atomic E-state index is 8.93. The van der Waals surface area contributed by atoms with E-state index in [4.69, 9.17) is 22.2 Å². The van der Waals surface area contributed by atoms with E-state index in [-0.39, 0.29) is 0 Å². The fourth-order valence-corrected chi connectivity index (χ4v) is 3.68. The fourth-order valence-electron chi connectivity index (χ4n) is 3.45. The first kappa shape index (κ1) is 19.2. The molecule has 7 nitrogen and oxygen atoms in total. The summed E-state index contributed by atoms with van der Waals surface area (Å²) in [6.45, 7) is 5.94. The molecule has 1 aromatic heterocycles. The minimum absolute atomic E-state index is 0.592. The highest BCUT2D eigenvalue weighted by molar-refractivity contribution is 7.80. The van der Waals surface area contributed by atoms with E-state index < -0.39 is 0 Å². The first-order valence-corrected chi connectivity index (χ1v) is 10.0. The number of hydrogen-bond acceptors (Lipinski definition) is 6. The van der Waals surface area contributed by atoms with Gasteiger partial charge in [0.2, 0.25) is 0 Å². The second kappa shape index (κ2) is 8.45. The van der Waals surface area contributed by atoms with E-state index >= 15 is 0 Å². The molecule has 0 saturated carbocycles. The van der Waals surface area contributed by atoms with Crippen molar-refractivity contribution in [2.75, 3.05) is 37.7 Å². The highest BCUT2D eigenvalue weighted by atomic mass is 32.1. The number of pyridine rings is 1. The molecule has 2 aliphatic heterocycles. The lowest BCUT2D eigenvalue weighted by atomic mass is 10.1. The van der Waals surface area contributed by atoms with E-state index in [1.54, 1.807) is 0 Å². The summed E-state index contributed by atoms with van der Waals surface area (Å²) in [4.78, 5) is 8.89. The topological polar surface area (TPSA) is 76.8 Å². The minimum Gasteiger partial charge on any atom is -0.491 e. The van der Waals surface area contributed by atoms with Crippen LogP contribution in [0.15, 0.2) is 41.6 Å². The van der Waals surface area contributed by atoms with Crippen molar-refractivity contribution in [1.29, 1.82) is 5.26 Å². The second-order valence-electron chi connectivity index (χ2n) is 7.07. The molecule has 1 fully saturated rings. The predicted molar refractivity (Wildman–Crippen MR) is 116 cm³/mol. The van der Waals surface area contributed by atoms with E-state index in [0.717, 1.165) is 54.6 Å². The van der Waals surface area contributed by atoms with Gasteiger partial charge in [-0.2, -0.15) is 10.4 Å². The molecular weight excluding hydrogens is 384 g/mol. The van der Waals surface area contributed by atoms with Gasteiger partial charge in [0.1, 0.15) is 11.4 Å². The van der Waals surface area contributed by atoms with E-state index in [2.05, 4.69) is 31.4 Å². The Hall–Kier alpha value is -3.18. The number of piperazine rings is 1. The van der Waals surface area contributed by atoms with Gasteiger partial charge in [-0.1, -0.05) is 0 Å². The Morgan fingerprint density at radius 3 is 2.72 bits per heavy atom. The minimum atomic E-state index is 0.592. The number of nitrogens with zero attached hydrogens (tertiary/aromatic N) is 5. The van der Waals surface area contributed by atoms with Gasteiger partial charge in [0.25, 0.3) is 0 Å². The van der Waals surface area contributed by atoms with Crippen molar-refractivity contribution in [2.45, 2.75) is 13.3 Å². The summed E-state index contributed by atoms with van der Waals surface area (Å²) in [5.74, 6) is 0.777. The molecule has 0 radical (unpaired) electrons. The second-order valence-corrected chi connectivity index (χ2v) is 7.45. The number of anilines is 1. The van der Waals surface area contributed by atoms with Crippen LogP contribution in [0.1, 0.15) is 23.2 Å². The summed E-state index contributed by atoms with van der Waals surface area (Å²) in [5.41, 5.74) is 7.56. The molecule has 0 aliphatic carbocycles. The monoisotopic (exact) mass is 406 g/mol. The van der Waals surface area contributed by atoms with Gasteiger partial charge in [-0.3, -0.25) is 10.4 Å². The Morgan fingerprint density at radius 2 is 2.00 bits per heavy atom. The lowest BCUT2D eigenvalue weighted by Gasteiger charge is -2.37. The van der Waals surface area contributed by atoms with Gasteiger partial charge in [-0.05, 0) is 55.0 Å². The largest absolute Gasteiger partial charge is 0.491 e. The zero-order valence-corrected chi connectivity index (χ0v) is 17.1. The first-order chi connectivity index (χ1) is 14.1. The van der Waals surface area contributed by atoms with Crippen LogP contribution in [0.3, 0.4) is 0 Å². The summed E-state index contributed by atoms with van der Waals surface area (Å²) >= 11 is 5.55. The summed E-state index contributed by atoms with van der Waals surface area (Å²) in [5, 5.41) is 14.1. The highest BCUT2D eigenvalue weighted by Gasteiger charge is 2.21. The molecular formula is C21H22N6OS. The van der Waals surface area contributed by atoms with Gasteiger partial charge in [-0.25, -0.2) is 0 Å². The predicted octanol–water partition coefficient (Wildman–Crippen LogP) is 2.45. The van der Waals surface area contributed by atoms with E-state index in [0.29, 0.717) is 23.7 Å². The van der Waals surface area contributed by atoms with Gasteiger partial charge in [-0.15, -0.1) is 0 Å². The van der Waals surface area contributed by atoms with Crippen LogP contribution in [0.25, 0.3) is 0 Å². The molecule has 0 spiro atoms. The number of nitrogens with one attached hydrogen (secondary N) is 1. The normalized spacial score (nSPS) is 17.3. The number of hydrazone groups is 1. The van der Waals surface area contributed by atoms with Gasteiger partial charge < -0.3 is 14.5 Å². The maximum Gasteiger partial charge on any atom is 0.189 e. The number of benzene rings is 1. The molecule has 0 atom stereocenters. The number of ether oxygens (including phenoxy) is 1. The Bertz CT molecular complexity index is 974. The molecule has 1 saturated heterocycles. The van der Waals surface area contributed by atoms with Crippen LogP contribution in [0.2, 0.25) is 0 Å². The van der Waals surface area contributed by atoms with E-state index in [1.807, 2.05) is 43.5 Å².